The van der Waals surface area contributed by atoms with Gasteiger partial charge in [0.2, 0.25) is 5.52 Å². The van der Waals surface area contributed by atoms with Crippen LogP contribution in [0.2, 0.25) is 0 Å². The quantitative estimate of drug-likeness (QED) is 0.529. The summed E-state index contributed by atoms with van der Waals surface area (Å²) < 4.78 is 0. The van der Waals surface area contributed by atoms with Gasteiger partial charge in [0, 0.05) is 22.5 Å². The lowest BCUT2D eigenvalue weighted by Crippen LogP contribution is -2.08. The number of pyridine rings is 1. The fourth-order valence-corrected chi connectivity index (χ4v) is 2.65. The summed E-state index contributed by atoms with van der Waals surface area (Å²) >= 11 is 0. The Kier molecular flexibility index (Phi) is 3.03. The van der Waals surface area contributed by atoms with E-state index in [2.05, 4.69) is 22.1 Å². The molecule has 2 heterocycles. The summed E-state index contributed by atoms with van der Waals surface area (Å²) in [6.07, 6.45) is 3.45. The van der Waals surface area contributed by atoms with E-state index >= 15 is 0 Å². The number of H-pyrrole nitrogens is 2. The van der Waals surface area contributed by atoms with Crippen LogP contribution in [0, 0.1) is 0 Å². The molecule has 0 fully saturated rings. The van der Waals surface area contributed by atoms with Crippen molar-refractivity contribution in [2.24, 2.45) is 0 Å². The number of benzene rings is 2. The van der Waals surface area contributed by atoms with Gasteiger partial charge in [0.25, 0.3) is 0 Å². The molecule has 4 aromatic rings. The predicted molar refractivity (Wildman–Crippen MR) is 84.1 cm³/mol. The number of aromatic amines is 2. The van der Waals surface area contributed by atoms with Crippen LogP contribution in [0.4, 0.5) is 0 Å². The second-order valence-electron chi connectivity index (χ2n) is 4.86. The van der Waals surface area contributed by atoms with Crippen molar-refractivity contribution in [3.05, 3.63) is 54.4 Å². The predicted octanol–water partition coefficient (Wildman–Crippen LogP) is 3.41. The minimum atomic E-state index is -0.927. The number of hydrogen-bond acceptors (Lipinski definition) is 1. The lowest BCUT2D eigenvalue weighted by molar-refractivity contribution is -0.343. The molecule has 4 rings (SSSR count). The lowest BCUT2D eigenvalue weighted by atomic mass is 10.0. The summed E-state index contributed by atoms with van der Waals surface area (Å²) in [4.78, 5) is 17.3. The zero-order valence-electron chi connectivity index (χ0n) is 10.9. The molecule has 0 saturated heterocycles. The Hall–Kier alpha value is -2.59. The summed E-state index contributed by atoms with van der Waals surface area (Å²) in [5.41, 5.74) is 2.31. The summed E-state index contributed by atoms with van der Waals surface area (Å²) in [6, 6.07) is 11.9. The largest absolute Gasteiger partial charge is 0.477 e. The Labute approximate surface area is 125 Å². The average Bonchev–Trinajstić information content (AvgIpc) is 2.91. The van der Waals surface area contributed by atoms with E-state index in [1.165, 1.54) is 6.20 Å². The first-order valence-corrected chi connectivity index (χ1v) is 6.31. The van der Waals surface area contributed by atoms with Crippen molar-refractivity contribution < 1.29 is 14.9 Å². The van der Waals surface area contributed by atoms with Gasteiger partial charge in [0.05, 0.1) is 5.39 Å². The van der Waals surface area contributed by atoms with Crippen molar-refractivity contribution >= 4 is 51.0 Å². The van der Waals surface area contributed by atoms with Crippen molar-refractivity contribution in [2.75, 3.05) is 0 Å². The fourth-order valence-electron chi connectivity index (χ4n) is 2.65. The van der Waals surface area contributed by atoms with Crippen LogP contribution in [-0.2, 0) is 0 Å². The average molecular weight is 300 g/mol. The zero-order chi connectivity index (χ0) is 13.7. The topological polar surface area (TPSA) is 67.2 Å². The third-order valence-corrected chi connectivity index (χ3v) is 3.65. The third-order valence-electron chi connectivity index (χ3n) is 3.65. The Bertz CT molecular complexity index is 991. The molecule has 0 radical (unpaired) electrons. The highest BCUT2D eigenvalue weighted by atomic mass is 35.5. The highest BCUT2D eigenvalue weighted by molar-refractivity contribution is 6.09. The molecule has 0 amide bonds. The molecule has 2 aromatic carbocycles. The van der Waals surface area contributed by atoms with Crippen molar-refractivity contribution in [3.8, 4) is 0 Å². The van der Waals surface area contributed by atoms with E-state index in [1.54, 1.807) is 6.07 Å². The van der Waals surface area contributed by atoms with Crippen LogP contribution in [0.25, 0.3) is 32.6 Å². The van der Waals surface area contributed by atoms with E-state index in [0.717, 1.165) is 32.6 Å². The van der Waals surface area contributed by atoms with Gasteiger partial charge in [-0.25, -0.2) is 9.78 Å². The van der Waals surface area contributed by atoms with Crippen LogP contribution in [0.15, 0.2) is 48.8 Å². The number of rotatable bonds is 1. The van der Waals surface area contributed by atoms with Crippen LogP contribution in [0.1, 0.15) is 10.4 Å². The molecular formula is C16H12ClN2O2+. The zero-order valence-corrected chi connectivity index (χ0v) is 11.7. The Morgan fingerprint density at radius 1 is 1.05 bits per heavy atom. The van der Waals surface area contributed by atoms with Gasteiger partial charge in [-0.2, -0.15) is 0 Å². The summed E-state index contributed by atoms with van der Waals surface area (Å²) in [7, 11) is 0. The minimum absolute atomic E-state index is 0. The summed E-state index contributed by atoms with van der Waals surface area (Å²) in [5.74, 6) is -0.927. The molecule has 2 aromatic heterocycles. The van der Waals surface area contributed by atoms with Crippen LogP contribution in [0.5, 0.6) is 0 Å². The first kappa shape index (κ1) is 13.4. The number of halogens is 1. The highest BCUT2D eigenvalue weighted by Crippen LogP contribution is 2.27. The molecule has 0 aliphatic rings. The van der Waals surface area contributed by atoms with Crippen LogP contribution < -0.4 is 4.98 Å². The summed E-state index contributed by atoms with van der Waals surface area (Å²) in [5, 5.41) is 13.3. The Morgan fingerprint density at radius 2 is 1.86 bits per heavy atom. The van der Waals surface area contributed by atoms with Crippen LogP contribution in [0.3, 0.4) is 0 Å². The Balaban J connectivity index is 0.00000132. The molecule has 0 unspecified atom stereocenters. The molecule has 0 spiro atoms. The van der Waals surface area contributed by atoms with E-state index in [1.807, 2.05) is 24.4 Å². The fraction of sp³-hybridized carbons (Fsp3) is 0. The third kappa shape index (κ3) is 2.00. The first-order chi connectivity index (χ1) is 9.72. The van der Waals surface area contributed by atoms with Gasteiger partial charge in [0.15, 0.2) is 6.20 Å². The lowest BCUT2D eigenvalue weighted by Gasteiger charge is -2.01. The molecule has 0 aliphatic heterocycles. The van der Waals surface area contributed by atoms with Gasteiger partial charge in [0.1, 0.15) is 5.56 Å². The van der Waals surface area contributed by atoms with Gasteiger partial charge >= 0.3 is 5.97 Å². The highest BCUT2D eigenvalue weighted by Gasteiger charge is 2.12. The molecule has 0 aliphatic carbocycles. The van der Waals surface area contributed by atoms with Gasteiger partial charge in [-0.15, -0.1) is 12.4 Å². The van der Waals surface area contributed by atoms with Crippen LogP contribution >= 0.6 is 12.4 Å². The molecule has 0 atom stereocenters. The van der Waals surface area contributed by atoms with E-state index in [9.17, 15) is 4.79 Å². The normalized spacial score (nSPS) is 10.9. The molecule has 4 nitrogen and oxygen atoms in total. The minimum Gasteiger partial charge on any atom is -0.477 e. The SMILES string of the molecule is Cl.O=C(O)c1c[nH+]c2c(ccc3cc4[nH]ccc4cc32)c1. The van der Waals surface area contributed by atoms with Gasteiger partial charge in [-0.1, -0.05) is 6.07 Å². The maximum Gasteiger partial charge on any atom is 0.341 e. The number of aromatic carboxylic acids is 1. The summed E-state index contributed by atoms with van der Waals surface area (Å²) in [6.45, 7) is 0. The monoisotopic (exact) mass is 299 g/mol. The second kappa shape index (κ2) is 4.75. The maximum atomic E-state index is 11.0. The molecular weight excluding hydrogens is 288 g/mol. The number of carbonyl (C=O) groups is 1. The van der Waals surface area contributed by atoms with Gasteiger partial charge in [-0.3, -0.25) is 0 Å². The van der Waals surface area contributed by atoms with E-state index < -0.39 is 5.97 Å². The van der Waals surface area contributed by atoms with E-state index in [-0.39, 0.29) is 18.0 Å². The van der Waals surface area contributed by atoms with Crippen molar-refractivity contribution in [3.63, 3.8) is 0 Å². The van der Waals surface area contributed by atoms with Crippen molar-refractivity contribution in [1.82, 2.24) is 4.98 Å². The molecule has 3 N–H and O–H groups in total. The van der Waals surface area contributed by atoms with Gasteiger partial charge < -0.3 is 10.1 Å². The molecule has 0 bridgehead atoms. The van der Waals surface area contributed by atoms with E-state index in [4.69, 9.17) is 5.11 Å². The number of carboxylic acids is 1. The number of hydrogen-bond donors (Lipinski definition) is 2. The van der Waals surface area contributed by atoms with Crippen molar-refractivity contribution in [1.29, 1.82) is 0 Å². The number of nitrogens with one attached hydrogen (secondary N) is 2. The van der Waals surface area contributed by atoms with Crippen LogP contribution in [-0.4, -0.2) is 16.1 Å². The second-order valence-corrected chi connectivity index (χ2v) is 4.86. The number of carboxylic acid groups (broad SMARTS) is 1. The molecule has 0 saturated carbocycles. The van der Waals surface area contributed by atoms with Gasteiger partial charge in [-0.05, 0) is 35.7 Å². The van der Waals surface area contributed by atoms with E-state index in [0.29, 0.717) is 0 Å². The van der Waals surface area contributed by atoms with Crippen molar-refractivity contribution in [2.45, 2.75) is 0 Å². The number of aromatic nitrogens is 2. The molecule has 21 heavy (non-hydrogen) atoms. The number of fused-ring (bicyclic) bond motifs is 4. The molecule has 5 heteroatoms. The molecule has 104 valence electrons. The smallest absolute Gasteiger partial charge is 0.341 e. The maximum absolute atomic E-state index is 11.0. The first-order valence-electron chi connectivity index (χ1n) is 6.31. The Morgan fingerprint density at radius 3 is 2.67 bits per heavy atom. The standard InChI is InChI=1S/C16H10N2O2.ClH/c19-16(20)12-5-11-2-1-9-7-14-10(3-4-17-14)6-13(9)15(11)18-8-12;/h1-8,17H,(H,19,20);1H/p+1.